The van der Waals surface area contributed by atoms with E-state index < -0.39 is 11.9 Å². The minimum absolute atomic E-state index is 0.0510. The minimum atomic E-state index is -0.703. The molecule has 1 N–H and O–H groups in total. The molecule has 0 amide bonds. The van der Waals surface area contributed by atoms with E-state index in [1.165, 1.54) is 37.4 Å². The number of methoxy groups -OCH3 is 1. The number of halogens is 1. The first-order valence-corrected chi connectivity index (χ1v) is 9.56. The Morgan fingerprint density at radius 3 is 2.58 bits per heavy atom. The molecule has 156 valence electrons. The van der Waals surface area contributed by atoms with Gasteiger partial charge in [-0.25, -0.2) is 19.1 Å². The lowest BCUT2D eigenvalue weighted by Gasteiger charge is -2.07. The highest BCUT2D eigenvalue weighted by molar-refractivity contribution is 6.31. The first kappa shape index (κ1) is 20.4. The number of fused-ring (bicyclic) bond motifs is 1. The molecule has 2 heterocycles. The monoisotopic (exact) mass is 437 g/mol. The Hall–Kier alpha value is -3.91. The molecule has 0 radical (unpaired) electrons. The summed E-state index contributed by atoms with van der Waals surface area (Å²) >= 11 is 6.13. The van der Waals surface area contributed by atoms with E-state index in [1.807, 2.05) is 30.3 Å². The molecule has 0 fully saturated rings. The van der Waals surface area contributed by atoms with E-state index in [1.54, 1.807) is 0 Å². The van der Waals surface area contributed by atoms with Crippen LogP contribution in [-0.4, -0.2) is 33.6 Å². The van der Waals surface area contributed by atoms with Crippen molar-refractivity contribution in [2.24, 2.45) is 0 Å². The predicted octanol–water partition coefficient (Wildman–Crippen LogP) is 3.49. The predicted molar refractivity (Wildman–Crippen MR) is 113 cm³/mol. The van der Waals surface area contributed by atoms with Gasteiger partial charge in [0.25, 0.3) is 5.56 Å². The molecule has 2 aromatic heterocycles. The van der Waals surface area contributed by atoms with Gasteiger partial charge in [-0.05, 0) is 18.2 Å². The van der Waals surface area contributed by atoms with Crippen LogP contribution >= 0.6 is 11.6 Å². The van der Waals surface area contributed by atoms with Crippen LogP contribution in [0, 0.1) is 0 Å². The third-order valence-electron chi connectivity index (χ3n) is 4.57. The quantitative estimate of drug-likeness (QED) is 0.479. The fourth-order valence-electron chi connectivity index (χ4n) is 3.00. The largest absolute Gasteiger partial charge is 0.465 e. The van der Waals surface area contributed by atoms with E-state index in [4.69, 9.17) is 16.3 Å². The second-order valence-electron chi connectivity index (χ2n) is 6.58. The van der Waals surface area contributed by atoms with Gasteiger partial charge in [0.2, 0.25) is 0 Å². The van der Waals surface area contributed by atoms with Crippen molar-refractivity contribution in [3.05, 3.63) is 92.9 Å². The van der Waals surface area contributed by atoms with Gasteiger partial charge in [0.1, 0.15) is 12.3 Å². The number of carbonyl (C=O) groups is 2. The van der Waals surface area contributed by atoms with E-state index in [0.717, 1.165) is 10.1 Å². The molecule has 8 nitrogen and oxygen atoms in total. The number of hydrogen-bond donors (Lipinski definition) is 1. The zero-order chi connectivity index (χ0) is 22.0. The van der Waals surface area contributed by atoms with Gasteiger partial charge < -0.3 is 9.47 Å². The molecule has 0 saturated heterocycles. The molecule has 0 aliphatic rings. The normalized spacial score (nSPS) is 10.8. The van der Waals surface area contributed by atoms with Crippen LogP contribution in [0.1, 0.15) is 26.4 Å². The van der Waals surface area contributed by atoms with Crippen molar-refractivity contribution in [1.29, 1.82) is 0 Å². The number of carbonyl (C=O) groups excluding carboxylic acids is 2. The highest BCUT2D eigenvalue weighted by Crippen LogP contribution is 2.20. The smallest absolute Gasteiger partial charge is 0.356 e. The van der Waals surface area contributed by atoms with Crippen LogP contribution in [0.2, 0.25) is 5.02 Å². The fraction of sp³-hybridized carbons (Fsp3) is 0.0909. The third-order valence-corrected chi connectivity index (χ3v) is 4.93. The highest BCUT2D eigenvalue weighted by atomic mass is 35.5. The number of esters is 2. The Labute approximate surface area is 181 Å². The van der Waals surface area contributed by atoms with Crippen LogP contribution in [0.25, 0.3) is 16.9 Å². The van der Waals surface area contributed by atoms with Gasteiger partial charge in [0.05, 0.1) is 18.4 Å². The van der Waals surface area contributed by atoms with E-state index in [2.05, 4.69) is 14.8 Å². The summed E-state index contributed by atoms with van der Waals surface area (Å²) in [5, 5.41) is 3.03. The average Bonchev–Trinajstić information content (AvgIpc) is 3.23. The molecule has 4 rings (SSSR count). The summed E-state index contributed by atoms with van der Waals surface area (Å²) in [5.74, 6) is -1.23. The maximum absolute atomic E-state index is 12.5. The van der Waals surface area contributed by atoms with Crippen LogP contribution in [0.15, 0.2) is 65.5 Å². The zero-order valence-corrected chi connectivity index (χ0v) is 17.1. The lowest BCUT2D eigenvalue weighted by Crippen LogP contribution is -2.15. The van der Waals surface area contributed by atoms with Crippen molar-refractivity contribution >= 4 is 29.2 Å². The number of aromatic amines is 1. The summed E-state index contributed by atoms with van der Waals surface area (Å²) in [6, 6.07) is 16.6. The highest BCUT2D eigenvalue weighted by Gasteiger charge is 2.16. The Balaban J connectivity index is 1.57. The van der Waals surface area contributed by atoms with E-state index in [0.29, 0.717) is 16.3 Å². The number of H-pyrrole nitrogens is 1. The summed E-state index contributed by atoms with van der Waals surface area (Å²) < 4.78 is 11.1. The van der Waals surface area contributed by atoms with E-state index >= 15 is 0 Å². The van der Waals surface area contributed by atoms with Gasteiger partial charge in [-0.15, -0.1) is 0 Å². The number of ether oxygens (including phenoxy) is 2. The van der Waals surface area contributed by atoms with Crippen molar-refractivity contribution in [2.75, 3.05) is 7.11 Å². The molecule has 0 aliphatic carbocycles. The average molecular weight is 438 g/mol. The molecule has 0 saturated carbocycles. The molecule has 4 aromatic rings. The molecule has 2 aromatic carbocycles. The Bertz CT molecular complexity index is 1340. The van der Waals surface area contributed by atoms with Crippen LogP contribution < -0.4 is 5.56 Å². The van der Waals surface area contributed by atoms with Crippen LogP contribution in [0.5, 0.6) is 0 Å². The van der Waals surface area contributed by atoms with Crippen molar-refractivity contribution in [1.82, 2.24) is 14.6 Å². The van der Waals surface area contributed by atoms with Crippen molar-refractivity contribution < 1.29 is 19.1 Å². The molecule has 9 heteroatoms. The van der Waals surface area contributed by atoms with Gasteiger partial charge in [-0.2, -0.15) is 0 Å². The van der Waals surface area contributed by atoms with Crippen molar-refractivity contribution in [2.45, 2.75) is 6.61 Å². The lowest BCUT2D eigenvalue weighted by atomic mass is 10.1. The summed E-state index contributed by atoms with van der Waals surface area (Å²) in [5.41, 5.74) is 1.97. The second kappa shape index (κ2) is 8.45. The molecule has 0 aliphatic heterocycles. The Kier molecular flexibility index (Phi) is 5.55. The molecular weight excluding hydrogens is 422 g/mol. The number of nitrogens with zero attached hydrogens (tertiary/aromatic N) is 2. The summed E-state index contributed by atoms with van der Waals surface area (Å²) in [6.07, 6.45) is 0. The van der Waals surface area contributed by atoms with E-state index in [9.17, 15) is 14.4 Å². The van der Waals surface area contributed by atoms with Gasteiger partial charge in [0.15, 0.2) is 5.65 Å². The molecule has 31 heavy (non-hydrogen) atoms. The minimum Gasteiger partial charge on any atom is -0.465 e. The number of nitrogens with one attached hydrogen (secondary N) is 1. The lowest BCUT2D eigenvalue weighted by molar-refractivity contribution is 0.0465. The van der Waals surface area contributed by atoms with Crippen LogP contribution in [0.3, 0.4) is 0 Å². The van der Waals surface area contributed by atoms with Crippen LogP contribution in [0.4, 0.5) is 0 Å². The molecule has 0 unspecified atom stereocenters. The topological polar surface area (TPSA) is 103 Å². The van der Waals surface area contributed by atoms with Gasteiger partial charge >= 0.3 is 11.9 Å². The molecule has 0 atom stereocenters. The number of rotatable bonds is 5. The fourth-order valence-corrected chi connectivity index (χ4v) is 3.18. The van der Waals surface area contributed by atoms with Crippen molar-refractivity contribution in [3.8, 4) is 11.3 Å². The summed E-state index contributed by atoms with van der Waals surface area (Å²) in [6.45, 7) is -0.171. The zero-order valence-electron chi connectivity index (χ0n) is 16.3. The molecule has 0 spiro atoms. The maximum atomic E-state index is 12.5. The number of benzene rings is 2. The van der Waals surface area contributed by atoms with E-state index in [-0.39, 0.29) is 29.1 Å². The first-order valence-electron chi connectivity index (χ1n) is 9.18. The van der Waals surface area contributed by atoms with Crippen molar-refractivity contribution in [3.63, 3.8) is 0 Å². The van der Waals surface area contributed by atoms with Gasteiger partial charge in [0, 0.05) is 28.3 Å². The molecular formula is C22H16ClN3O5. The molecule has 0 bridgehead atoms. The van der Waals surface area contributed by atoms with Crippen LogP contribution in [-0.2, 0) is 16.1 Å². The maximum Gasteiger partial charge on any atom is 0.356 e. The third kappa shape index (κ3) is 4.19. The second-order valence-corrected chi connectivity index (χ2v) is 6.99. The Morgan fingerprint density at radius 1 is 1.06 bits per heavy atom. The Morgan fingerprint density at radius 2 is 1.84 bits per heavy atom. The number of hydrogen-bond acceptors (Lipinski definition) is 6. The number of aromatic nitrogens is 3. The van der Waals surface area contributed by atoms with Gasteiger partial charge in [-0.1, -0.05) is 41.9 Å². The summed E-state index contributed by atoms with van der Waals surface area (Å²) in [4.78, 5) is 41.1. The first-order chi connectivity index (χ1) is 15.0. The van der Waals surface area contributed by atoms with Gasteiger partial charge in [-0.3, -0.25) is 9.89 Å². The SMILES string of the molecule is COC(=O)c1ccc(Cl)c(COC(=O)c2cc3nc(-c4ccccc4)cc(=O)n3[nH]2)c1. The summed E-state index contributed by atoms with van der Waals surface area (Å²) in [7, 11) is 1.27. The standard InChI is InChI=1S/C22H16ClN3O5/c1-30-21(28)14-7-8-16(23)15(9-14)12-31-22(29)18-10-19-24-17(11-20(27)26(19)25-18)13-5-3-2-4-6-13/h2-11,25H,12H2,1H3.